The van der Waals surface area contributed by atoms with Crippen LogP contribution < -0.4 is 6.15 Å². The Balaban J connectivity index is 0. The van der Waals surface area contributed by atoms with Gasteiger partial charge >= 0.3 is 0 Å². The predicted molar refractivity (Wildman–Crippen MR) is 25.7 cm³/mol. The number of rotatable bonds is 0. The summed E-state index contributed by atoms with van der Waals surface area (Å²) in [6.07, 6.45) is 0. The topological polar surface area (TPSA) is 66.5 Å². The van der Waals surface area contributed by atoms with Crippen LogP contribution in [0.3, 0.4) is 0 Å². The highest BCUT2D eigenvalue weighted by Crippen LogP contribution is -0.289. The third-order valence-electron chi connectivity index (χ3n) is 0. The number of hydrogen-bond donors (Lipinski definition) is 1. The zero-order chi connectivity index (χ0) is 0. The largest absolute Gasteiger partial charge is 0.412 e. The predicted octanol–water partition coefficient (Wildman–Crippen LogP) is -2.50. The standard InChI is InChI=1S/B.H3N.H2O.H4Si/h;1H3;1H2;1H4. The maximum atomic E-state index is 0. The van der Waals surface area contributed by atoms with Crippen LogP contribution in [0, 0.1) is 0 Å². The summed E-state index contributed by atoms with van der Waals surface area (Å²) in [6, 6.07) is 0. The molecular weight excluding hydrogens is 68.9 g/mol. The molecule has 5 N–H and O–H groups in total. The molecule has 0 rings (SSSR count). The van der Waals surface area contributed by atoms with Crippen molar-refractivity contribution in [2.75, 3.05) is 0 Å². The quantitative estimate of drug-likeness (QED) is 0.320. The summed E-state index contributed by atoms with van der Waals surface area (Å²) >= 11 is 0. The summed E-state index contributed by atoms with van der Waals surface area (Å²) < 4.78 is 0. The fourth-order valence-electron chi connectivity index (χ4n) is 0. The van der Waals surface area contributed by atoms with Gasteiger partial charge in [0.05, 0.1) is 0 Å². The smallest absolute Gasteiger partial charge is 0 e. The number of hydrogen-bond acceptors (Lipinski definition) is 1. The van der Waals surface area contributed by atoms with Crippen molar-refractivity contribution in [1.82, 2.24) is 6.15 Å². The molecule has 0 heterocycles. The van der Waals surface area contributed by atoms with Crippen molar-refractivity contribution in [1.29, 1.82) is 0 Å². The van der Waals surface area contributed by atoms with E-state index >= 15 is 0 Å². The van der Waals surface area contributed by atoms with Crippen LogP contribution in [-0.2, 0) is 0 Å². The highest BCUT2D eigenvalue weighted by Gasteiger charge is 0.0000731. The van der Waals surface area contributed by atoms with Gasteiger partial charge in [0.1, 0.15) is 0 Å². The van der Waals surface area contributed by atoms with Gasteiger partial charge in [0.15, 0.2) is 0 Å². The van der Waals surface area contributed by atoms with Crippen molar-refractivity contribution < 1.29 is 5.48 Å². The molecule has 0 aliphatic rings. The summed E-state index contributed by atoms with van der Waals surface area (Å²) in [5.41, 5.74) is 0. The highest BCUT2D eigenvalue weighted by molar-refractivity contribution is 5.76. The van der Waals surface area contributed by atoms with Crippen molar-refractivity contribution in [3.8, 4) is 0 Å². The monoisotopic (exact) mass is 78.1 g/mol. The van der Waals surface area contributed by atoms with Crippen molar-refractivity contribution in [3.63, 3.8) is 0 Å². The molecule has 0 bridgehead atoms. The van der Waals surface area contributed by atoms with Crippen LogP contribution in [0.25, 0.3) is 0 Å². The molecule has 4 heteroatoms. The zero-order valence-electron chi connectivity index (χ0n) is 1.78. The minimum Gasteiger partial charge on any atom is -0.412 e. The molecule has 0 amide bonds. The first kappa shape index (κ1) is 1060. The maximum Gasteiger partial charge on any atom is 0 e. The molecule has 0 aromatic carbocycles. The van der Waals surface area contributed by atoms with Crippen LogP contribution >= 0.6 is 0 Å². The summed E-state index contributed by atoms with van der Waals surface area (Å²) in [4.78, 5) is 0. The molecule has 0 saturated heterocycles. The molecule has 0 atom stereocenters. The van der Waals surface area contributed by atoms with E-state index in [0.29, 0.717) is 0 Å². The Morgan fingerprint density at radius 3 is 1.00 bits per heavy atom. The third kappa shape index (κ3) is 78.1. The van der Waals surface area contributed by atoms with E-state index in [1.54, 1.807) is 0 Å². The second-order valence-corrected chi connectivity index (χ2v) is 0. The highest BCUT2D eigenvalue weighted by atomic mass is 28.1. The van der Waals surface area contributed by atoms with Crippen molar-refractivity contribution >= 4 is 19.4 Å². The fourth-order valence-corrected chi connectivity index (χ4v) is 0. The normalized spacial score (nSPS) is 0. The van der Waals surface area contributed by atoms with Crippen LogP contribution in [0.2, 0.25) is 0 Å². The van der Waals surface area contributed by atoms with Crippen LogP contribution in [0.1, 0.15) is 0 Å². The zero-order valence-corrected chi connectivity index (χ0v) is 1.78. The second kappa shape index (κ2) is 381. The van der Waals surface area contributed by atoms with Crippen LogP contribution in [0.5, 0.6) is 0 Å². The summed E-state index contributed by atoms with van der Waals surface area (Å²) in [6.45, 7) is 0. The van der Waals surface area contributed by atoms with E-state index < -0.39 is 0 Å². The fraction of sp³-hybridized carbons (Fsp3) is 0. The Hall–Kier alpha value is 0.202. The van der Waals surface area contributed by atoms with E-state index in [4.69, 9.17) is 0 Å². The van der Waals surface area contributed by atoms with Crippen molar-refractivity contribution in [3.05, 3.63) is 0 Å². The van der Waals surface area contributed by atoms with Crippen molar-refractivity contribution in [2.45, 2.75) is 0 Å². The lowest BCUT2D eigenvalue weighted by molar-refractivity contribution is 0.824. The first-order valence-corrected chi connectivity index (χ1v) is 0. The van der Waals surface area contributed by atoms with Gasteiger partial charge in [0.25, 0.3) is 0 Å². The molecular formula is H9BNOSi. The van der Waals surface area contributed by atoms with E-state index in [2.05, 4.69) is 0 Å². The Morgan fingerprint density at radius 1 is 1.00 bits per heavy atom. The van der Waals surface area contributed by atoms with Gasteiger partial charge in [-0.15, -0.1) is 0 Å². The van der Waals surface area contributed by atoms with Crippen LogP contribution in [0.15, 0.2) is 0 Å². The molecule has 0 aromatic heterocycles. The van der Waals surface area contributed by atoms with E-state index in [1.807, 2.05) is 0 Å². The molecule has 0 saturated carbocycles. The lowest BCUT2D eigenvalue weighted by Crippen LogP contribution is -0.481. The lowest BCUT2D eigenvalue weighted by atomic mass is 10.8. The minimum atomic E-state index is 0. The first-order valence-electron chi connectivity index (χ1n) is 0. The van der Waals surface area contributed by atoms with Gasteiger partial charge in [0.2, 0.25) is 0 Å². The van der Waals surface area contributed by atoms with Gasteiger partial charge in [-0.1, -0.05) is 0 Å². The maximum absolute atomic E-state index is 0. The Kier molecular flexibility index (Phi) is 101000. The summed E-state index contributed by atoms with van der Waals surface area (Å²) in [5.74, 6) is 0. The average Bonchev–Trinajstić information content (AvgIpc) is 0. The Morgan fingerprint density at radius 2 is 1.00 bits per heavy atom. The van der Waals surface area contributed by atoms with Gasteiger partial charge in [-0.2, -0.15) is 0 Å². The Labute approximate surface area is 32.1 Å². The SMILES string of the molecule is N.O.[B].[SiH4]. The van der Waals surface area contributed by atoms with Gasteiger partial charge in [0, 0.05) is 8.41 Å². The van der Waals surface area contributed by atoms with Gasteiger partial charge in [-0.05, 0) is 11.0 Å². The molecule has 3 radical (unpaired) electrons. The average molecular weight is 78.0 g/mol. The first-order chi connectivity index (χ1) is 0. The van der Waals surface area contributed by atoms with E-state index in [1.165, 1.54) is 0 Å². The molecule has 0 aliphatic carbocycles. The third-order valence-corrected chi connectivity index (χ3v) is 0. The van der Waals surface area contributed by atoms with E-state index in [0.717, 1.165) is 0 Å². The molecule has 0 fully saturated rings. The van der Waals surface area contributed by atoms with Crippen LogP contribution in [0.4, 0.5) is 0 Å². The van der Waals surface area contributed by atoms with Crippen LogP contribution in [-0.4, -0.2) is 24.9 Å². The molecule has 2 nitrogen and oxygen atoms in total. The lowest BCUT2D eigenvalue weighted by Gasteiger charge is -0.412. The van der Waals surface area contributed by atoms with E-state index in [9.17, 15) is 0 Å². The summed E-state index contributed by atoms with van der Waals surface area (Å²) in [5, 5.41) is 0. The van der Waals surface area contributed by atoms with E-state index in [-0.39, 0.29) is 31.0 Å². The Bertz CT molecular complexity index is 8.00. The molecule has 4 heavy (non-hydrogen) atoms. The van der Waals surface area contributed by atoms with Gasteiger partial charge < -0.3 is 11.6 Å². The molecule has 0 aliphatic heterocycles. The second-order valence-electron chi connectivity index (χ2n) is 0. The van der Waals surface area contributed by atoms with Crippen molar-refractivity contribution in [2.24, 2.45) is 0 Å². The molecule has 0 unspecified atom stereocenters. The minimum absolute atomic E-state index is 0. The summed E-state index contributed by atoms with van der Waals surface area (Å²) in [7, 11) is 0. The van der Waals surface area contributed by atoms with Gasteiger partial charge in [-0.3, -0.25) is 0 Å². The molecule has 27 valence electrons. The van der Waals surface area contributed by atoms with Gasteiger partial charge in [-0.25, -0.2) is 0 Å². The molecule has 0 spiro atoms. The molecule has 0 aromatic rings.